The van der Waals surface area contributed by atoms with Crippen molar-refractivity contribution in [1.29, 1.82) is 0 Å². The van der Waals surface area contributed by atoms with E-state index < -0.39 is 21.2 Å². The molecule has 2 fully saturated rings. The van der Waals surface area contributed by atoms with Gasteiger partial charge in [-0.2, -0.15) is 0 Å². The van der Waals surface area contributed by atoms with E-state index in [1.54, 1.807) is 12.2 Å². The van der Waals surface area contributed by atoms with Crippen molar-refractivity contribution in [2.75, 3.05) is 19.5 Å². The Morgan fingerprint density at radius 2 is 1.79 bits per heavy atom. The van der Waals surface area contributed by atoms with E-state index in [4.69, 9.17) is 9.47 Å². The van der Waals surface area contributed by atoms with Crippen LogP contribution in [0.4, 0.5) is 0 Å². The van der Waals surface area contributed by atoms with Crippen LogP contribution in [0.5, 0.6) is 0 Å². The molecule has 2 aliphatic rings. The minimum absolute atomic E-state index is 0.0289. The lowest BCUT2D eigenvalue weighted by Gasteiger charge is -2.28. The largest absolute Gasteiger partial charge is 0.469 e. The van der Waals surface area contributed by atoms with E-state index in [9.17, 15) is 18.0 Å². The monoisotopic (exact) mass is 486 g/mol. The highest BCUT2D eigenvalue weighted by molar-refractivity contribution is 7.92. The van der Waals surface area contributed by atoms with Crippen molar-refractivity contribution in [3.63, 3.8) is 0 Å². The Morgan fingerprint density at radius 3 is 2.48 bits per heavy atom. The molecule has 0 bridgehead atoms. The van der Waals surface area contributed by atoms with Crippen molar-refractivity contribution in [3.8, 4) is 0 Å². The molecule has 4 atom stereocenters. The molecule has 0 aliphatic carbocycles. The SMILES string of the molecule is CCCCCC(=O)C=C[C@@H]1[C@@H](OC2CCCCO2)CS(=O)(=O)[C@H]1CCCCCCC(=O)OC. The second-order valence-electron chi connectivity index (χ2n) is 9.23. The van der Waals surface area contributed by atoms with Crippen molar-refractivity contribution in [2.24, 2.45) is 5.92 Å². The summed E-state index contributed by atoms with van der Waals surface area (Å²) in [7, 11) is -1.95. The van der Waals surface area contributed by atoms with Crippen LogP contribution in [-0.2, 0) is 33.6 Å². The highest BCUT2D eigenvalue weighted by atomic mass is 32.2. The zero-order valence-corrected chi connectivity index (χ0v) is 21.2. The van der Waals surface area contributed by atoms with E-state index in [1.165, 1.54) is 7.11 Å². The van der Waals surface area contributed by atoms with Crippen molar-refractivity contribution in [2.45, 2.75) is 108 Å². The molecule has 0 aromatic rings. The smallest absolute Gasteiger partial charge is 0.305 e. The maximum absolute atomic E-state index is 13.0. The molecule has 0 N–H and O–H groups in total. The third kappa shape index (κ3) is 9.87. The van der Waals surface area contributed by atoms with E-state index in [2.05, 4.69) is 11.7 Å². The number of rotatable bonds is 15. The molecule has 0 aromatic carbocycles. The lowest BCUT2D eigenvalue weighted by atomic mass is 9.94. The lowest BCUT2D eigenvalue weighted by molar-refractivity contribution is -0.188. The molecule has 7 nitrogen and oxygen atoms in total. The maximum Gasteiger partial charge on any atom is 0.305 e. The molecule has 0 amide bonds. The highest BCUT2D eigenvalue weighted by Crippen LogP contribution is 2.36. The van der Waals surface area contributed by atoms with Crippen molar-refractivity contribution >= 4 is 21.6 Å². The van der Waals surface area contributed by atoms with Crippen LogP contribution in [0.15, 0.2) is 12.2 Å². The first-order valence-corrected chi connectivity index (χ1v) is 14.4. The molecule has 2 heterocycles. The highest BCUT2D eigenvalue weighted by Gasteiger charge is 2.47. The predicted octanol–water partition coefficient (Wildman–Crippen LogP) is 4.53. The van der Waals surface area contributed by atoms with Gasteiger partial charge in [0.2, 0.25) is 0 Å². The topological polar surface area (TPSA) is 96.0 Å². The molecule has 8 heteroatoms. The van der Waals surface area contributed by atoms with Gasteiger partial charge in [-0.25, -0.2) is 8.42 Å². The number of esters is 1. The van der Waals surface area contributed by atoms with Crippen LogP contribution in [0.1, 0.15) is 90.4 Å². The number of sulfone groups is 1. The fraction of sp³-hybridized carbons (Fsp3) is 0.840. The van der Waals surface area contributed by atoms with Crippen LogP contribution in [0, 0.1) is 5.92 Å². The number of ether oxygens (including phenoxy) is 3. The minimum atomic E-state index is -3.33. The summed E-state index contributed by atoms with van der Waals surface area (Å²) in [5, 5.41) is -0.550. The number of ketones is 1. The summed E-state index contributed by atoms with van der Waals surface area (Å²) in [6.07, 6.45) is 12.8. The zero-order valence-electron chi connectivity index (χ0n) is 20.3. The Balaban J connectivity index is 1.99. The van der Waals surface area contributed by atoms with Crippen molar-refractivity contribution < 1.29 is 32.2 Å². The summed E-state index contributed by atoms with van der Waals surface area (Å²) < 4.78 is 42.5. The van der Waals surface area contributed by atoms with Gasteiger partial charge in [0.05, 0.1) is 24.2 Å². The van der Waals surface area contributed by atoms with Crippen molar-refractivity contribution in [1.82, 2.24) is 0 Å². The molecule has 2 saturated heterocycles. The quantitative estimate of drug-likeness (QED) is 0.191. The van der Waals surface area contributed by atoms with Gasteiger partial charge in [0.25, 0.3) is 0 Å². The first-order chi connectivity index (χ1) is 15.9. The second-order valence-corrected chi connectivity index (χ2v) is 11.5. The lowest BCUT2D eigenvalue weighted by Crippen LogP contribution is -2.33. The van der Waals surface area contributed by atoms with E-state index in [1.807, 2.05) is 0 Å². The van der Waals surface area contributed by atoms with Gasteiger partial charge >= 0.3 is 5.97 Å². The summed E-state index contributed by atoms with van der Waals surface area (Å²) in [6.45, 7) is 2.73. The molecular weight excluding hydrogens is 444 g/mol. The molecular formula is C25H42O7S. The number of allylic oxidation sites excluding steroid dienone is 1. The Labute approximate surface area is 199 Å². The van der Waals surface area contributed by atoms with Gasteiger partial charge in [0, 0.05) is 25.4 Å². The van der Waals surface area contributed by atoms with Crippen LogP contribution in [0.3, 0.4) is 0 Å². The minimum Gasteiger partial charge on any atom is -0.469 e. The maximum atomic E-state index is 13.0. The van der Waals surface area contributed by atoms with Gasteiger partial charge in [-0.05, 0) is 44.6 Å². The number of unbranched alkanes of at least 4 members (excludes halogenated alkanes) is 5. The van der Waals surface area contributed by atoms with E-state index in [0.717, 1.165) is 64.2 Å². The second kappa shape index (κ2) is 14.9. The average Bonchev–Trinajstić information content (AvgIpc) is 3.03. The molecule has 0 spiro atoms. The summed E-state index contributed by atoms with van der Waals surface area (Å²) in [5.41, 5.74) is 0. The van der Waals surface area contributed by atoms with Crippen molar-refractivity contribution in [3.05, 3.63) is 12.2 Å². The predicted molar refractivity (Wildman–Crippen MR) is 128 cm³/mol. The Bertz CT molecular complexity index is 725. The Kier molecular flexibility index (Phi) is 12.6. The summed E-state index contributed by atoms with van der Waals surface area (Å²) in [5.74, 6) is -0.543. The standard InChI is InChI=1S/C25H42O7S/c1-3-4-7-12-20(26)16-17-21-22(32-25-15-10-11-18-31-25)19-33(28,29)23(21)13-8-5-6-9-14-24(27)30-2/h16-17,21-23,25H,3-15,18-19H2,1-2H3/t21-,22+,23+,25?/m1/s1. The summed E-state index contributed by atoms with van der Waals surface area (Å²) in [4.78, 5) is 23.5. The summed E-state index contributed by atoms with van der Waals surface area (Å²) >= 11 is 0. The van der Waals surface area contributed by atoms with E-state index in [-0.39, 0.29) is 29.7 Å². The Hall–Kier alpha value is -1.25. The van der Waals surface area contributed by atoms with Gasteiger partial charge in [-0.15, -0.1) is 0 Å². The van der Waals surface area contributed by atoms with Gasteiger partial charge in [0.1, 0.15) is 0 Å². The molecule has 0 radical (unpaired) electrons. The number of methoxy groups -OCH3 is 1. The molecule has 33 heavy (non-hydrogen) atoms. The van der Waals surface area contributed by atoms with Crippen LogP contribution < -0.4 is 0 Å². The fourth-order valence-corrected chi connectivity index (χ4v) is 6.90. The normalized spacial score (nSPS) is 27.1. The first-order valence-electron chi connectivity index (χ1n) is 12.6. The number of carbonyl (C=O) groups is 2. The van der Waals surface area contributed by atoms with Gasteiger partial charge in [0.15, 0.2) is 21.9 Å². The van der Waals surface area contributed by atoms with Gasteiger partial charge in [-0.1, -0.05) is 45.1 Å². The Morgan fingerprint density at radius 1 is 1.03 bits per heavy atom. The molecule has 190 valence electrons. The third-order valence-electron chi connectivity index (χ3n) is 6.56. The average molecular weight is 487 g/mol. The number of hydrogen-bond donors (Lipinski definition) is 0. The number of hydrogen-bond acceptors (Lipinski definition) is 7. The van der Waals surface area contributed by atoms with Crippen LogP contribution in [-0.4, -0.2) is 57.3 Å². The van der Waals surface area contributed by atoms with E-state index >= 15 is 0 Å². The van der Waals surface area contributed by atoms with Crippen LogP contribution in [0.2, 0.25) is 0 Å². The number of carbonyl (C=O) groups excluding carboxylic acids is 2. The van der Waals surface area contributed by atoms with Crippen LogP contribution >= 0.6 is 0 Å². The molecule has 2 rings (SSSR count). The van der Waals surface area contributed by atoms with Crippen LogP contribution in [0.25, 0.3) is 0 Å². The van der Waals surface area contributed by atoms with Gasteiger partial charge in [-0.3, -0.25) is 9.59 Å². The van der Waals surface area contributed by atoms with Gasteiger partial charge < -0.3 is 14.2 Å². The summed E-state index contributed by atoms with van der Waals surface area (Å²) in [6, 6.07) is 0. The van der Waals surface area contributed by atoms with E-state index in [0.29, 0.717) is 25.9 Å². The third-order valence-corrected chi connectivity index (χ3v) is 8.82. The molecule has 0 aromatic heterocycles. The first kappa shape index (κ1) is 28.0. The molecule has 2 aliphatic heterocycles. The molecule has 0 saturated carbocycles. The zero-order chi connectivity index (χ0) is 24.1. The molecule has 1 unspecified atom stereocenters. The fourth-order valence-electron chi connectivity index (χ4n) is 4.63.